The van der Waals surface area contributed by atoms with Crippen molar-refractivity contribution in [2.24, 2.45) is 0 Å². The highest BCUT2D eigenvalue weighted by molar-refractivity contribution is 5.73. The van der Waals surface area contributed by atoms with Crippen molar-refractivity contribution in [3.05, 3.63) is 29.8 Å². The second-order valence-corrected chi connectivity index (χ2v) is 7.30. The van der Waals surface area contributed by atoms with E-state index in [9.17, 15) is 9.59 Å². The molecule has 0 unspecified atom stereocenters. The maximum Gasteiger partial charge on any atom is 0.410 e. The van der Waals surface area contributed by atoms with Crippen LogP contribution in [0.25, 0.3) is 0 Å². The number of anilines is 1. The first-order valence-corrected chi connectivity index (χ1v) is 8.19. The zero-order valence-electron chi connectivity index (χ0n) is 15.1. The van der Waals surface area contributed by atoms with Gasteiger partial charge in [0.1, 0.15) is 5.60 Å². The minimum Gasteiger partial charge on any atom is -0.444 e. The fourth-order valence-corrected chi connectivity index (χ4v) is 2.43. The largest absolute Gasteiger partial charge is 0.444 e. The van der Waals surface area contributed by atoms with E-state index in [1.165, 1.54) is 0 Å². The van der Waals surface area contributed by atoms with Crippen LogP contribution in [0.2, 0.25) is 0 Å². The van der Waals surface area contributed by atoms with E-state index in [-0.39, 0.29) is 18.0 Å². The number of ether oxygens (including phenoxy) is 1. The maximum absolute atomic E-state index is 11.9. The SMILES string of the molecule is CC(=O)N(C)Cc1cccc(NC2CN(C(=O)OC(C)(C)C)C2)c1. The molecule has 132 valence electrons. The molecule has 1 fully saturated rings. The Bertz CT molecular complexity index is 604. The smallest absolute Gasteiger partial charge is 0.410 e. The number of carbonyl (C=O) groups excluding carboxylic acids is 2. The molecular formula is C18H27N3O3. The van der Waals surface area contributed by atoms with Crippen molar-refractivity contribution in [3.8, 4) is 0 Å². The molecule has 0 spiro atoms. The van der Waals surface area contributed by atoms with Crippen molar-refractivity contribution >= 4 is 17.7 Å². The van der Waals surface area contributed by atoms with Gasteiger partial charge in [0.15, 0.2) is 0 Å². The topological polar surface area (TPSA) is 61.9 Å². The van der Waals surface area contributed by atoms with Crippen LogP contribution in [0.4, 0.5) is 10.5 Å². The lowest BCUT2D eigenvalue weighted by Gasteiger charge is -2.40. The summed E-state index contributed by atoms with van der Waals surface area (Å²) in [7, 11) is 1.78. The molecule has 1 N–H and O–H groups in total. The number of carbonyl (C=O) groups is 2. The summed E-state index contributed by atoms with van der Waals surface area (Å²) >= 11 is 0. The molecular weight excluding hydrogens is 306 g/mol. The van der Waals surface area contributed by atoms with Crippen molar-refractivity contribution in [1.82, 2.24) is 9.80 Å². The normalized spacial score (nSPS) is 14.8. The van der Waals surface area contributed by atoms with Crippen molar-refractivity contribution < 1.29 is 14.3 Å². The van der Waals surface area contributed by atoms with E-state index in [1.54, 1.807) is 23.8 Å². The Morgan fingerprint density at radius 3 is 2.58 bits per heavy atom. The van der Waals surface area contributed by atoms with Crippen LogP contribution in [-0.4, -0.2) is 53.6 Å². The van der Waals surface area contributed by atoms with Crippen molar-refractivity contribution in [1.29, 1.82) is 0 Å². The lowest BCUT2D eigenvalue weighted by Crippen LogP contribution is -2.57. The zero-order chi connectivity index (χ0) is 17.9. The van der Waals surface area contributed by atoms with Crippen molar-refractivity contribution in [2.75, 3.05) is 25.5 Å². The van der Waals surface area contributed by atoms with Crippen LogP contribution in [0.1, 0.15) is 33.3 Å². The molecule has 0 aliphatic carbocycles. The van der Waals surface area contributed by atoms with Crippen LogP contribution < -0.4 is 5.32 Å². The van der Waals surface area contributed by atoms with E-state index in [2.05, 4.69) is 5.32 Å². The summed E-state index contributed by atoms with van der Waals surface area (Å²) in [5, 5.41) is 3.42. The quantitative estimate of drug-likeness (QED) is 0.920. The number of nitrogens with one attached hydrogen (secondary N) is 1. The van der Waals surface area contributed by atoms with Gasteiger partial charge in [0.05, 0.1) is 6.04 Å². The van der Waals surface area contributed by atoms with Gasteiger partial charge in [-0.2, -0.15) is 0 Å². The molecule has 2 rings (SSSR count). The van der Waals surface area contributed by atoms with E-state index in [0.29, 0.717) is 19.6 Å². The molecule has 1 aliphatic heterocycles. The van der Waals surface area contributed by atoms with E-state index < -0.39 is 5.60 Å². The van der Waals surface area contributed by atoms with E-state index in [4.69, 9.17) is 4.74 Å². The first-order valence-electron chi connectivity index (χ1n) is 8.19. The predicted octanol–water partition coefficient (Wildman–Crippen LogP) is 2.70. The Morgan fingerprint density at radius 1 is 1.33 bits per heavy atom. The fraction of sp³-hybridized carbons (Fsp3) is 0.556. The fourth-order valence-electron chi connectivity index (χ4n) is 2.43. The summed E-state index contributed by atoms with van der Waals surface area (Å²) in [4.78, 5) is 26.6. The highest BCUT2D eigenvalue weighted by Gasteiger charge is 2.33. The molecule has 0 radical (unpaired) electrons. The summed E-state index contributed by atoms with van der Waals surface area (Å²) in [6.45, 7) is 9.00. The third kappa shape index (κ3) is 5.15. The average Bonchev–Trinajstić information content (AvgIpc) is 2.40. The lowest BCUT2D eigenvalue weighted by molar-refractivity contribution is -0.128. The molecule has 2 amide bonds. The number of likely N-dealkylation sites (tertiary alicyclic amines) is 1. The van der Waals surface area contributed by atoms with Crippen LogP contribution in [0.15, 0.2) is 24.3 Å². The molecule has 1 saturated heterocycles. The lowest BCUT2D eigenvalue weighted by atomic mass is 10.1. The second-order valence-electron chi connectivity index (χ2n) is 7.30. The van der Waals surface area contributed by atoms with Crippen LogP contribution in [-0.2, 0) is 16.1 Å². The first-order chi connectivity index (χ1) is 11.1. The van der Waals surface area contributed by atoms with E-state index in [0.717, 1.165) is 11.3 Å². The minimum atomic E-state index is -0.466. The van der Waals surface area contributed by atoms with Gasteiger partial charge in [-0.25, -0.2) is 4.79 Å². The first kappa shape index (κ1) is 18.1. The van der Waals surface area contributed by atoms with Crippen molar-refractivity contribution in [3.63, 3.8) is 0 Å². The van der Waals surface area contributed by atoms with Gasteiger partial charge < -0.3 is 19.9 Å². The molecule has 1 aromatic rings. The summed E-state index contributed by atoms with van der Waals surface area (Å²) in [5.41, 5.74) is 1.60. The van der Waals surface area contributed by atoms with Gasteiger partial charge in [0, 0.05) is 39.3 Å². The molecule has 24 heavy (non-hydrogen) atoms. The van der Waals surface area contributed by atoms with Crippen LogP contribution in [0.3, 0.4) is 0 Å². The molecule has 1 aliphatic rings. The average molecular weight is 333 g/mol. The molecule has 0 atom stereocenters. The van der Waals surface area contributed by atoms with E-state index >= 15 is 0 Å². The molecule has 1 aromatic carbocycles. The summed E-state index contributed by atoms with van der Waals surface area (Å²) in [6, 6.07) is 8.22. The number of benzene rings is 1. The Hall–Kier alpha value is -2.24. The van der Waals surface area contributed by atoms with Gasteiger partial charge in [-0.05, 0) is 38.5 Å². The summed E-state index contributed by atoms with van der Waals surface area (Å²) < 4.78 is 5.35. The van der Waals surface area contributed by atoms with Gasteiger partial charge in [-0.3, -0.25) is 4.79 Å². The van der Waals surface area contributed by atoms with Gasteiger partial charge in [0.2, 0.25) is 5.91 Å². The number of hydrogen-bond acceptors (Lipinski definition) is 4. The molecule has 0 saturated carbocycles. The molecule has 0 bridgehead atoms. The Morgan fingerprint density at radius 2 is 2.00 bits per heavy atom. The van der Waals surface area contributed by atoms with Gasteiger partial charge in [0.25, 0.3) is 0 Å². The highest BCUT2D eigenvalue weighted by Crippen LogP contribution is 2.20. The zero-order valence-corrected chi connectivity index (χ0v) is 15.1. The minimum absolute atomic E-state index is 0.0420. The molecule has 0 aromatic heterocycles. The Balaban J connectivity index is 1.84. The van der Waals surface area contributed by atoms with Crippen LogP contribution in [0, 0.1) is 0 Å². The third-order valence-corrected chi connectivity index (χ3v) is 3.79. The predicted molar refractivity (Wildman–Crippen MR) is 93.8 cm³/mol. The van der Waals surface area contributed by atoms with Gasteiger partial charge >= 0.3 is 6.09 Å². The monoisotopic (exact) mass is 333 g/mol. The van der Waals surface area contributed by atoms with E-state index in [1.807, 2.05) is 45.0 Å². The van der Waals surface area contributed by atoms with Crippen LogP contribution in [0.5, 0.6) is 0 Å². The number of hydrogen-bond donors (Lipinski definition) is 1. The Labute approximate surface area is 143 Å². The Kier molecular flexibility index (Phi) is 5.36. The second kappa shape index (κ2) is 7.11. The number of nitrogens with zero attached hydrogens (tertiary/aromatic N) is 2. The number of rotatable bonds is 4. The van der Waals surface area contributed by atoms with Gasteiger partial charge in [-0.1, -0.05) is 12.1 Å². The van der Waals surface area contributed by atoms with Crippen molar-refractivity contribution in [2.45, 2.75) is 45.9 Å². The molecule has 6 heteroatoms. The van der Waals surface area contributed by atoms with Crippen LogP contribution >= 0.6 is 0 Å². The molecule has 6 nitrogen and oxygen atoms in total. The maximum atomic E-state index is 11.9. The molecule has 1 heterocycles. The van der Waals surface area contributed by atoms with Gasteiger partial charge in [-0.15, -0.1) is 0 Å². The summed E-state index contributed by atoms with van der Waals surface area (Å²) in [5.74, 6) is 0.0420. The standard InChI is InChI=1S/C18H27N3O3/c1-13(22)20(5)10-14-7-6-8-15(9-14)19-16-11-21(12-16)17(23)24-18(2,3)4/h6-9,16,19H,10-12H2,1-5H3. The highest BCUT2D eigenvalue weighted by atomic mass is 16.6. The number of amides is 2. The third-order valence-electron chi connectivity index (χ3n) is 3.79. The summed E-state index contributed by atoms with van der Waals surface area (Å²) in [6.07, 6.45) is -0.266.